The van der Waals surface area contributed by atoms with Gasteiger partial charge in [-0.05, 0) is 25.1 Å². The van der Waals surface area contributed by atoms with Gasteiger partial charge in [0, 0.05) is 5.69 Å². The zero-order valence-corrected chi connectivity index (χ0v) is 10.9. The van der Waals surface area contributed by atoms with Crippen LogP contribution in [-0.2, 0) is 9.53 Å². The lowest BCUT2D eigenvalue weighted by molar-refractivity contribution is -0.176. The molecule has 1 aromatic carbocycles. The van der Waals surface area contributed by atoms with Crippen molar-refractivity contribution in [2.45, 2.75) is 25.4 Å². The van der Waals surface area contributed by atoms with Gasteiger partial charge in [-0.3, -0.25) is 4.79 Å². The second-order valence-electron chi connectivity index (χ2n) is 4.24. The first-order valence-electron chi connectivity index (χ1n) is 5.77. The third-order valence-electron chi connectivity index (χ3n) is 2.46. The Labute approximate surface area is 117 Å². The molecule has 0 saturated carbocycles. The number of halogens is 5. The summed E-state index contributed by atoms with van der Waals surface area (Å²) in [6, 6.07) is 3.38. The normalized spacial score (nSPS) is 13.3. The van der Waals surface area contributed by atoms with E-state index in [1.165, 1.54) is 6.07 Å². The van der Waals surface area contributed by atoms with Gasteiger partial charge in [0.2, 0.25) is 0 Å². The summed E-state index contributed by atoms with van der Waals surface area (Å²) < 4.78 is 66.8. The second kappa shape index (κ2) is 6.70. The van der Waals surface area contributed by atoms with Gasteiger partial charge in [0.05, 0.1) is 5.69 Å². The van der Waals surface area contributed by atoms with E-state index >= 15 is 0 Å². The quantitative estimate of drug-likeness (QED) is 0.627. The number of amides is 1. The van der Waals surface area contributed by atoms with Gasteiger partial charge in [0.25, 0.3) is 5.91 Å². The van der Waals surface area contributed by atoms with Crippen LogP contribution in [0, 0.1) is 5.82 Å². The highest BCUT2D eigenvalue weighted by Crippen LogP contribution is 2.24. The van der Waals surface area contributed by atoms with Crippen molar-refractivity contribution in [2.24, 2.45) is 0 Å². The average Bonchev–Trinajstić information content (AvgIpc) is 2.40. The summed E-state index contributed by atoms with van der Waals surface area (Å²) in [6.45, 7) is -0.556. The topological polar surface area (TPSA) is 64.3 Å². The molecule has 0 aliphatic rings. The van der Waals surface area contributed by atoms with Crippen molar-refractivity contribution in [1.82, 2.24) is 0 Å². The van der Waals surface area contributed by atoms with E-state index in [1.54, 1.807) is 0 Å². The number of nitrogen functional groups attached to an aromatic ring is 1. The Morgan fingerprint density at radius 3 is 2.62 bits per heavy atom. The first-order valence-corrected chi connectivity index (χ1v) is 5.77. The average molecular weight is 312 g/mol. The molecule has 1 unspecified atom stereocenters. The van der Waals surface area contributed by atoms with Crippen molar-refractivity contribution in [3.8, 4) is 0 Å². The Kier molecular flexibility index (Phi) is 5.47. The van der Waals surface area contributed by atoms with Crippen LogP contribution in [0.25, 0.3) is 0 Å². The van der Waals surface area contributed by atoms with Gasteiger partial charge in [-0.2, -0.15) is 8.78 Å². The van der Waals surface area contributed by atoms with Crippen LogP contribution in [0.1, 0.15) is 6.92 Å². The highest BCUT2D eigenvalue weighted by Gasteiger charge is 2.41. The molecule has 1 atom stereocenters. The molecule has 0 aliphatic heterocycles. The van der Waals surface area contributed by atoms with Crippen LogP contribution in [0.2, 0.25) is 0 Å². The Hall–Kier alpha value is -1.90. The molecule has 1 rings (SSSR count). The number of hydrogen-bond donors (Lipinski definition) is 2. The van der Waals surface area contributed by atoms with E-state index in [-0.39, 0.29) is 11.4 Å². The van der Waals surface area contributed by atoms with Crippen LogP contribution in [0.3, 0.4) is 0 Å². The van der Waals surface area contributed by atoms with E-state index in [0.717, 1.165) is 19.1 Å². The van der Waals surface area contributed by atoms with E-state index in [0.29, 0.717) is 0 Å². The molecule has 1 amide bonds. The molecule has 9 heteroatoms. The molecule has 0 aromatic heterocycles. The van der Waals surface area contributed by atoms with Gasteiger partial charge in [-0.15, -0.1) is 0 Å². The van der Waals surface area contributed by atoms with Crippen LogP contribution in [-0.4, -0.2) is 31.0 Å². The molecule has 0 spiro atoms. The van der Waals surface area contributed by atoms with Crippen molar-refractivity contribution >= 4 is 17.3 Å². The Balaban J connectivity index is 2.61. The Morgan fingerprint density at radius 1 is 1.43 bits per heavy atom. The van der Waals surface area contributed by atoms with Crippen molar-refractivity contribution in [3.63, 3.8) is 0 Å². The number of nitrogens with two attached hydrogens (primary N) is 1. The molecular formula is C12H13F5N2O2. The lowest BCUT2D eigenvalue weighted by Crippen LogP contribution is -2.37. The lowest BCUT2D eigenvalue weighted by atomic mass is 10.2. The summed E-state index contributed by atoms with van der Waals surface area (Å²) in [5, 5.41) is 2.06. The van der Waals surface area contributed by atoms with Gasteiger partial charge in [0.1, 0.15) is 18.5 Å². The Morgan fingerprint density at radius 2 is 2.05 bits per heavy atom. The zero-order chi connectivity index (χ0) is 16.2. The number of alkyl halides is 4. The van der Waals surface area contributed by atoms with Crippen LogP contribution in [0.15, 0.2) is 18.2 Å². The number of rotatable bonds is 6. The van der Waals surface area contributed by atoms with Crippen molar-refractivity contribution in [3.05, 3.63) is 24.0 Å². The molecule has 0 heterocycles. The van der Waals surface area contributed by atoms with Gasteiger partial charge in [0.15, 0.2) is 0 Å². The first-order chi connectivity index (χ1) is 9.63. The minimum Gasteiger partial charge on any atom is -0.399 e. The SMILES string of the molecule is CC(OCC(F)(F)C(F)F)C(=O)Nc1cc(N)ccc1F. The van der Waals surface area contributed by atoms with Crippen LogP contribution in [0.5, 0.6) is 0 Å². The summed E-state index contributed by atoms with van der Waals surface area (Å²) >= 11 is 0. The molecule has 0 radical (unpaired) electrons. The second-order valence-corrected chi connectivity index (χ2v) is 4.24. The molecular weight excluding hydrogens is 299 g/mol. The van der Waals surface area contributed by atoms with E-state index in [9.17, 15) is 26.7 Å². The van der Waals surface area contributed by atoms with Gasteiger partial charge in [-0.25, -0.2) is 13.2 Å². The molecule has 0 aliphatic carbocycles. The number of nitrogens with one attached hydrogen (secondary N) is 1. The van der Waals surface area contributed by atoms with E-state index in [4.69, 9.17) is 5.73 Å². The zero-order valence-electron chi connectivity index (χ0n) is 10.9. The minimum atomic E-state index is -4.36. The summed E-state index contributed by atoms with van der Waals surface area (Å²) in [5.41, 5.74) is 5.30. The lowest BCUT2D eigenvalue weighted by Gasteiger charge is -2.19. The first kappa shape index (κ1) is 17.2. The fourth-order valence-corrected chi connectivity index (χ4v) is 1.25. The molecule has 3 N–H and O–H groups in total. The van der Waals surface area contributed by atoms with Gasteiger partial charge < -0.3 is 15.8 Å². The fraction of sp³-hybridized carbons (Fsp3) is 0.417. The minimum absolute atomic E-state index is 0.171. The van der Waals surface area contributed by atoms with Crippen molar-refractivity contribution < 1.29 is 31.5 Å². The molecule has 118 valence electrons. The molecule has 0 fully saturated rings. The molecule has 1 aromatic rings. The molecule has 0 bridgehead atoms. The number of carbonyl (C=O) groups excluding carboxylic acids is 1. The third kappa shape index (κ3) is 4.85. The van der Waals surface area contributed by atoms with Crippen LogP contribution in [0.4, 0.5) is 33.3 Å². The smallest absolute Gasteiger partial charge is 0.330 e. The summed E-state index contributed by atoms with van der Waals surface area (Å²) in [6.07, 6.45) is -5.38. The predicted molar refractivity (Wildman–Crippen MR) is 65.8 cm³/mol. The maximum Gasteiger partial charge on any atom is 0.330 e. The van der Waals surface area contributed by atoms with Crippen molar-refractivity contribution in [1.29, 1.82) is 0 Å². The molecule has 21 heavy (non-hydrogen) atoms. The van der Waals surface area contributed by atoms with Crippen LogP contribution < -0.4 is 11.1 Å². The van der Waals surface area contributed by atoms with E-state index in [2.05, 4.69) is 10.1 Å². The summed E-state index contributed by atoms with van der Waals surface area (Å²) in [5.74, 6) is -6.12. The highest BCUT2D eigenvalue weighted by molar-refractivity contribution is 5.94. The van der Waals surface area contributed by atoms with Crippen LogP contribution >= 0.6 is 0 Å². The van der Waals surface area contributed by atoms with Crippen molar-refractivity contribution in [2.75, 3.05) is 17.7 Å². The van der Waals surface area contributed by atoms with Gasteiger partial charge in [-0.1, -0.05) is 0 Å². The molecule has 4 nitrogen and oxygen atoms in total. The number of carbonyl (C=O) groups is 1. The standard InChI is InChI=1S/C12H13F5N2O2/c1-6(21-5-12(16,17)11(14)15)10(20)19-9-4-7(18)2-3-8(9)13/h2-4,6,11H,5,18H2,1H3,(H,19,20). The number of benzene rings is 1. The predicted octanol–water partition coefficient (Wildman–Crippen LogP) is 2.65. The monoisotopic (exact) mass is 312 g/mol. The summed E-state index contributed by atoms with van der Waals surface area (Å²) in [7, 11) is 0. The largest absolute Gasteiger partial charge is 0.399 e. The number of anilines is 2. The maximum atomic E-state index is 13.3. The van der Waals surface area contributed by atoms with Gasteiger partial charge >= 0.3 is 12.3 Å². The maximum absolute atomic E-state index is 13.3. The van der Waals surface area contributed by atoms with E-state index < -0.39 is 36.8 Å². The molecule has 0 saturated heterocycles. The van der Waals surface area contributed by atoms with E-state index in [1.807, 2.05) is 0 Å². The highest BCUT2D eigenvalue weighted by atomic mass is 19.3. The third-order valence-corrected chi connectivity index (χ3v) is 2.46. The Bertz CT molecular complexity index is 510. The summed E-state index contributed by atoms with van der Waals surface area (Å²) in [4.78, 5) is 11.6. The number of ether oxygens (including phenoxy) is 1. The number of hydrogen-bond acceptors (Lipinski definition) is 3. The fourth-order valence-electron chi connectivity index (χ4n) is 1.25.